The number of hydrogen-bond acceptors (Lipinski definition) is 5. The van der Waals surface area contributed by atoms with Gasteiger partial charge in [-0.3, -0.25) is 10.1 Å². The first kappa shape index (κ1) is 16.8. The zero-order valence-corrected chi connectivity index (χ0v) is 15.6. The van der Waals surface area contributed by atoms with Gasteiger partial charge in [-0.2, -0.15) is 0 Å². The zero-order chi connectivity index (χ0) is 17.3. The molecule has 0 radical (unpaired) electrons. The monoisotopic (exact) mass is 498 g/mol. The molecule has 0 saturated carbocycles. The molecule has 24 heavy (non-hydrogen) atoms. The second-order valence-corrected chi connectivity index (χ2v) is 6.83. The van der Waals surface area contributed by atoms with Gasteiger partial charge in [0.25, 0.3) is 5.69 Å². The van der Waals surface area contributed by atoms with Crippen LogP contribution in [0.1, 0.15) is 11.1 Å². The van der Waals surface area contributed by atoms with Gasteiger partial charge < -0.3 is 4.74 Å². The molecule has 0 bridgehead atoms. The molecule has 6 nitrogen and oxygen atoms in total. The summed E-state index contributed by atoms with van der Waals surface area (Å²) in [5.41, 5.74) is 1.44. The Hall–Kier alpha value is -2.07. The summed E-state index contributed by atoms with van der Waals surface area (Å²) in [5, 5.41) is 10.6. The van der Waals surface area contributed by atoms with Crippen LogP contribution in [0.3, 0.4) is 0 Å². The summed E-state index contributed by atoms with van der Waals surface area (Å²) in [4.78, 5) is 26.3. The Morgan fingerprint density at radius 2 is 1.92 bits per heavy atom. The number of non-ortho nitro benzene ring substituents is 1. The maximum Gasteiger partial charge on any atom is 0.363 e. The number of aliphatic imine (C=N–C) groups is 1. The molecule has 2 aromatic carbocycles. The van der Waals surface area contributed by atoms with Crippen molar-refractivity contribution < 1.29 is 14.5 Å². The fourth-order valence-corrected chi connectivity index (χ4v) is 2.73. The molecule has 8 heteroatoms. The third kappa shape index (κ3) is 3.54. The molecule has 3 rings (SSSR count). The summed E-state index contributed by atoms with van der Waals surface area (Å²) >= 11 is 5.60. The van der Waals surface area contributed by atoms with Crippen molar-refractivity contribution in [3.63, 3.8) is 0 Å². The molecule has 0 aromatic heterocycles. The molecule has 0 aliphatic carbocycles. The Balaban J connectivity index is 1.90. The lowest BCUT2D eigenvalue weighted by molar-refractivity contribution is -0.384. The Morgan fingerprint density at radius 3 is 2.54 bits per heavy atom. The van der Waals surface area contributed by atoms with Crippen molar-refractivity contribution >= 4 is 62.2 Å². The van der Waals surface area contributed by atoms with Crippen LogP contribution in [0.2, 0.25) is 0 Å². The van der Waals surface area contributed by atoms with Gasteiger partial charge in [0.15, 0.2) is 5.70 Å². The predicted octanol–water partition coefficient (Wildman–Crippen LogP) is 4.31. The quantitative estimate of drug-likeness (QED) is 0.207. The van der Waals surface area contributed by atoms with Gasteiger partial charge >= 0.3 is 5.97 Å². The number of halogens is 2. The molecule has 1 heterocycles. The second kappa shape index (κ2) is 6.81. The van der Waals surface area contributed by atoms with E-state index in [0.717, 1.165) is 8.04 Å². The average molecular weight is 499 g/mol. The molecule has 2 aromatic rings. The standard InChI is InChI=1S/C16H8BrIN2O4/c17-12-8-10(3-6-13(12)18)15-19-14(16(21)24-15)7-9-1-4-11(5-2-9)20(22)23/h1-8H/b14-7-. The summed E-state index contributed by atoms with van der Waals surface area (Å²) in [7, 11) is 0. The highest BCUT2D eigenvalue weighted by Crippen LogP contribution is 2.24. The third-order valence-corrected chi connectivity index (χ3v) is 5.53. The van der Waals surface area contributed by atoms with E-state index in [1.807, 2.05) is 18.2 Å². The van der Waals surface area contributed by atoms with E-state index in [-0.39, 0.29) is 17.3 Å². The SMILES string of the molecule is O=C1OC(c2ccc(I)c(Br)c2)=N/C1=C\c1ccc([N+](=O)[O-])cc1. The molecule has 0 spiro atoms. The van der Waals surface area contributed by atoms with Crippen LogP contribution in [-0.2, 0) is 9.53 Å². The van der Waals surface area contributed by atoms with Crippen molar-refractivity contribution in [2.45, 2.75) is 0 Å². The number of carbonyl (C=O) groups is 1. The topological polar surface area (TPSA) is 81.8 Å². The second-order valence-electron chi connectivity index (χ2n) is 4.81. The van der Waals surface area contributed by atoms with Gasteiger partial charge in [-0.05, 0) is 80.5 Å². The summed E-state index contributed by atoms with van der Waals surface area (Å²) in [6, 6.07) is 11.4. The first-order chi connectivity index (χ1) is 11.4. The number of nitro groups is 1. The lowest BCUT2D eigenvalue weighted by Gasteiger charge is -2.01. The van der Waals surface area contributed by atoms with Crippen molar-refractivity contribution in [1.82, 2.24) is 0 Å². The molecule has 120 valence electrons. The molecule has 0 amide bonds. The summed E-state index contributed by atoms with van der Waals surface area (Å²) in [6.45, 7) is 0. The van der Waals surface area contributed by atoms with E-state index in [2.05, 4.69) is 43.5 Å². The Bertz CT molecular complexity index is 907. The summed E-state index contributed by atoms with van der Waals surface area (Å²) < 4.78 is 7.11. The minimum atomic E-state index is -0.557. The summed E-state index contributed by atoms with van der Waals surface area (Å²) in [5.74, 6) is -0.330. The van der Waals surface area contributed by atoms with Gasteiger partial charge in [0.05, 0.1) is 4.92 Å². The van der Waals surface area contributed by atoms with E-state index in [9.17, 15) is 14.9 Å². The number of rotatable bonds is 3. The largest absolute Gasteiger partial charge is 0.402 e. The first-order valence-corrected chi connectivity index (χ1v) is 8.53. The number of esters is 1. The lowest BCUT2D eigenvalue weighted by atomic mass is 10.2. The van der Waals surface area contributed by atoms with Crippen LogP contribution in [-0.4, -0.2) is 16.8 Å². The Morgan fingerprint density at radius 1 is 1.21 bits per heavy atom. The number of ether oxygens (including phenoxy) is 1. The highest BCUT2D eigenvalue weighted by Gasteiger charge is 2.24. The molecule has 0 unspecified atom stereocenters. The van der Waals surface area contributed by atoms with E-state index in [4.69, 9.17) is 4.74 Å². The molecule has 0 fully saturated rings. The van der Waals surface area contributed by atoms with Gasteiger partial charge in [-0.25, -0.2) is 9.79 Å². The van der Waals surface area contributed by atoms with Crippen LogP contribution in [0.4, 0.5) is 5.69 Å². The van der Waals surface area contributed by atoms with Crippen LogP contribution in [0.25, 0.3) is 6.08 Å². The number of hydrogen-bond donors (Lipinski definition) is 0. The van der Waals surface area contributed by atoms with E-state index in [0.29, 0.717) is 11.1 Å². The molecule has 0 N–H and O–H groups in total. The van der Waals surface area contributed by atoms with Crippen molar-refractivity contribution in [1.29, 1.82) is 0 Å². The highest BCUT2D eigenvalue weighted by atomic mass is 127. The van der Waals surface area contributed by atoms with E-state index in [1.54, 1.807) is 12.1 Å². The van der Waals surface area contributed by atoms with E-state index >= 15 is 0 Å². The van der Waals surface area contributed by atoms with Gasteiger partial charge in [0, 0.05) is 25.7 Å². The normalized spacial score (nSPS) is 15.3. The van der Waals surface area contributed by atoms with E-state index < -0.39 is 10.9 Å². The van der Waals surface area contributed by atoms with Gasteiger partial charge in [-0.15, -0.1) is 0 Å². The highest BCUT2D eigenvalue weighted by molar-refractivity contribution is 14.1. The van der Waals surface area contributed by atoms with Gasteiger partial charge in [-0.1, -0.05) is 0 Å². The molecule has 0 atom stereocenters. The van der Waals surface area contributed by atoms with Gasteiger partial charge in [0.2, 0.25) is 5.90 Å². The van der Waals surface area contributed by atoms with Crippen LogP contribution in [0, 0.1) is 13.7 Å². The fraction of sp³-hybridized carbons (Fsp3) is 0. The molecule has 1 aliphatic rings. The molecule has 0 saturated heterocycles. The number of benzene rings is 2. The minimum Gasteiger partial charge on any atom is -0.402 e. The average Bonchev–Trinajstić information content (AvgIpc) is 2.91. The predicted molar refractivity (Wildman–Crippen MR) is 101 cm³/mol. The Kier molecular flexibility index (Phi) is 4.76. The van der Waals surface area contributed by atoms with Crippen molar-refractivity contribution in [3.05, 3.63) is 77.4 Å². The lowest BCUT2D eigenvalue weighted by Crippen LogP contribution is -2.05. The number of carbonyl (C=O) groups excluding carboxylic acids is 1. The first-order valence-electron chi connectivity index (χ1n) is 6.66. The maximum atomic E-state index is 12.0. The van der Waals surface area contributed by atoms with E-state index in [1.165, 1.54) is 18.2 Å². The maximum absolute atomic E-state index is 12.0. The van der Waals surface area contributed by atoms with Crippen LogP contribution in [0.15, 0.2) is 57.6 Å². The zero-order valence-electron chi connectivity index (χ0n) is 11.9. The molecular weight excluding hydrogens is 491 g/mol. The van der Waals surface area contributed by atoms with Crippen molar-refractivity contribution in [2.75, 3.05) is 0 Å². The van der Waals surface area contributed by atoms with Crippen LogP contribution >= 0.6 is 38.5 Å². The van der Waals surface area contributed by atoms with Crippen LogP contribution in [0.5, 0.6) is 0 Å². The van der Waals surface area contributed by atoms with Crippen molar-refractivity contribution in [2.24, 2.45) is 4.99 Å². The summed E-state index contributed by atoms with van der Waals surface area (Å²) in [6.07, 6.45) is 1.53. The smallest absolute Gasteiger partial charge is 0.363 e. The number of nitro benzene ring substituents is 1. The van der Waals surface area contributed by atoms with Crippen LogP contribution < -0.4 is 0 Å². The van der Waals surface area contributed by atoms with Gasteiger partial charge in [0.1, 0.15) is 0 Å². The number of nitrogens with zero attached hydrogens (tertiary/aromatic N) is 2. The Labute approximate surface area is 158 Å². The minimum absolute atomic E-state index is 0.0147. The molecule has 1 aliphatic heterocycles. The third-order valence-electron chi connectivity index (χ3n) is 3.19. The number of cyclic esters (lactones) is 1. The van der Waals surface area contributed by atoms with Crippen molar-refractivity contribution in [3.8, 4) is 0 Å². The fourth-order valence-electron chi connectivity index (χ4n) is 2.01. The molecular formula is C16H8BrIN2O4.